The number of carbonyl (C=O) groups is 2. The highest BCUT2D eigenvalue weighted by Gasteiger charge is 2.30. The number of methoxy groups -OCH3 is 1. The minimum atomic E-state index is -2.90. The van der Waals surface area contributed by atoms with Crippen LogP contribution in [0, 0.1) is 0 Å². The molecule has 1 aliphatic rings. The van der Waals surface area contributed by atoms with Crippen LogP contribution < -0.4 is 9.62 Å². The van der Waals surface area contributed by atoms with Gasteiger partial charge in [0, 0.05) is 24.5 Å². The average molecular weight is 377 g/mol. The number of anilines is 2. The van der Waals surface area contributed by atoms with Crippen LogP contribution in [0.15, 0.2) is 18.2 Å². The Balaban J connectivity index is 2.31. The van der Waals surface area contributed by atoms with Gasteiger partial charge in [0.15, 0.2) is 0 Å². The lowest BCUT2D eigenvalue weighted by atomic mass is 10.1. The zero-order chi connectivity index (χ0) is 17.7. The van der Waals surface area contributed by atoms with Gasteiger partial charge in [0.25, 0.3) is 0 Å². The van der Waals surface area contributed by atoms with Gasteiger partial charge in [-0.25, -0.2) is 4.79 Å². The number of rotatable bonds is 6. The van der Waals surface area contributed by atoms with E-state index in [1.54, 1.807) is 6.07 Å². The Labute approximate surface area is 147 Å². The summed E-state index contributed by atoms with van der Waals surface area (Å²) >= 11 is 5.58. The molecular weight excluding hydrogens is 356 g/mol. The molecule has 3 N–H and O–H groups in total. The first-order valence-corrected chi connectivity index (χ1v) is 9.71. The Hall–Kier alpha value is -1.48. The number of halogens is 1. The first-order valence-electron chi connectivity index (χ1n) is 7.50. The van der Waals surface area contributed by atoms with Gasteiger partial charge in [0.05, 0.1) is 24.1 Å². The largest absolute Gasteiger partial charge is 0.465 e. The molecule has 1 aromatic rings. The predicted molar refractivity (Wildman–Crippen MR) is 96.0 cm³/mol. The van der Waals surface area contributed by atoms with Crippen molar-refractivity contribution in [3.63, 3.8) is 0 Å². The molecule has 0 aliphatic carbocycles. The summed E-state index contributed by atoms with van der Waals surface area (Å²) < 4.78 is 26.5. The topological polar surface area (TPSA) is 99.1 Å². The Bertz CT molecular complexity index is 626. The van der Waals surface area contributed by atoms with E-state index in [1.165, 1.54) is 23.5 Å². The highest BCUT2D eigenvalue weighted by molar-refractivity contribution is 8.25. The van der Waals surface area contributed by atoms with Crippen LogP contribution in [0.25, 0.3) is 0 Å². The molecule has 0 atom stereocenters. The number of benzene rings is 1. The van der Waals surface area contributed by atoms with E-state index in [1.807, 2.05) is 0 Å². The molecular formula is C15H21ClN2O5S. The predicted octanol–water partition coefficient (Wildman–Crippen LogP) is 3.31. The van der Waals surface area contributed by atoms with Crippen molar-refractivity contribution in [2.45, 2.75) is 19.3 Å². The van der Waals surface area contributed by atoms with Crippen molar-refractivity contribution >= 4 is 45.6 Å². The lowest BCUT2D eigenvalue weighted by Crippen LogP contribution is -2.22. The molecule has 0 spiro atoms. The van der Waals surface area contributed by atoms with Crippen LogP contribution in [0.5, 0.6) is 0 Å². The van der Waals surface area contributed by atoms with E-state index >= 15 is 0 Å². The van der Waals surface area contributed by atoms with E-state index in [0.29, 0.717) is 36.6 Å². The molecule has 0 unspecified atom stereocenters. The molecule has 1 fully saturated rings. The third kappa shape index (κ3) is 4.54. The lowest BCUT2D eigenvalue weighted by molar-refractivity contribution is -0.116. The maximum Gasteiger partial charge on any atom is 0.337 e. The molecule has 2 rings (SSSR count). The van der Waals surface area contributed by atoms with Gasteiger partial charge in [-0.1, -0.05) is 0 Å². The third-order valence-corrected chi connectivity index (χ3v) is 5.78. The molecule has 1 heterocycles. The summed E-state index contributed by atoms with van der Waals surface area (Å²) in [5, 5.41) is 2.70. The van der Waals surface area contributed by atoms with Crippen LogP contribution in [0.1, 0.15) is 29.6 Å². The number of esters is 1. The molecule has 1 amide bonds. The lowest BCUT2D eigenvalue weighted by Gasteiger charge is -2.38. The fourth-order valence-electron chi connectivity index (χ4n) is 2.47. The van der Waals surface area contributed by atoms with E-state index in [9.17, 15) is 18.7 Å². The van der Waals surface area contributed by atoms with Gasteiger partial charge in [-0.15, -0.1) is 22.4 Å². The fourth-order valence-corrected chi connectivity index (χ4v) is 4.20. The second kappa shape index (κ2) is 8.06. The molecule has 0 bridgehead atoms. The summed E-state index contributed by atoms with van der Waals surface area (Å²) in [6, 6.07) is 4.64. The number of nitrogens with one attached hydrogen (secondary N) is 1. The van der Waals surface area contributed by atoms with Crippen LogP contribution >= 0.6 is 22.4 Å². The second-order valence-electron chi connectivity index (χ2n) is 5.39. The van der Waals surface area contributed by atoms with Gasteiger partial charge < -0.3 is 10.1 Å². The van der Waals surface area contributed by atoms with Crippen LogP contribution in [0.4, 0.5) is 11.4 Å². The fraction of sp³-hybridized carbons (Fsp3) is 0.467. The van der Waals surface area contributed by atoms with Crippen LogP contribution in [-0.2, 0) is 9.53 Å². The molecule has 1 aromatic carbocycles. The van der Waals surface area contributed by atoms with Crippen molar-refractivity contribution in [3.05, 3.63) is 23.8 Å². The van der Waals surface area contributed by atoms with Crippen molar-refractivity contribution < 1.29 is 23.4 Å². The van der Waals surface area contributed by atoms with Gasteiger partial charge in [0.2, 0.25) is 5.91 Å². The number of ether oxygens (including phenoxy) is 1. The zero-order valence-electron chi connectivity index (χ0n) is 13.3. The monoisotopic (exact) mass is 376 g/mol. The van der Waals surface area contributed by atoms with Gasteiger partial charge in [-0.2, -0.15) is 0 Å². The summed E-state index contributed by atoms with van der Waals surface area (Å²) in [5.41, 5.74) is 1.09. The summed E-state index contributed by atoms with van der Waals surface area (Å²) in [7, 11) is -1.64. The number of carbonyl (C=O) groups excluding carboxylic acids is 2. The molecule has 134 valence electrons. The highest BCUT2D eigenvalue weighted by Crippen LogP contribution is 2.51. The van der Waals surface area contributed by atoms with Crippen LogP contribution in [0.3, 0.4) is 0 Å². The Morgan fingerprint density at radius 2 is 2.12 bits per heavy atom. The standard InChI is InChI=1S/C15H21ClN2O5S/c1-23-15(20)11-8-12(17-14(19)4-2-5-16)10-13(9-11)18-6-3-7-24(18,21)22/h8-10,21-22H,2-7H2,1H3,(H,17,19). The summed E-state index contributed by atoms with van der Waals surface area (Å²) in [6.45, 7) is 0.465. The summed E-state index contributed by atoms with van der Waals surface area (Å²) in [4.78, 5) is 23.8. The van der Waals surface area contributed by atoms with E-state index in [4.69, 9.17) is 16.3 Å². The first-order chi connectivity index (χ1) is 11.4. The van der Waals surface area contributed by atoms with Crippen molar-refractivity contribution in [3.8, 4) is 0 Å². The molecule has 24 heavy (non-hydrogen) atoms. The van der Waals surface area contributed by atoms with Gasteiger partial charge in [0.1, 0.15) is 0 Å². The Kier molecular flexibility index (Phi) is 6.34. The van der Waals surface area contributed by atoms with Crippen LogP contribution in [-0.4, -0.2) is 46.3 Å². The Morgan fingerprint density at radius 1 is 1.38 bits per heavy atom. The molecule has 7 nitrogen and oxygen atoms in total. The smallest absolute Gasteiger partial charge is 0.337 e. The normalized spacial score (nSPS) is 17.4. The van der Waals surface area contributed by atoms with Crippen LogP contribution in [0.2, 0.25) is 0 Å². The second-order valence-corrected chi connectivity index (χ2v) is 7.88. The molecule has 1 saturated heterocycles. The summed E-state index contributed by atoms with van der Waals surface area (Å²) in [6.07, 6.45) is 1.45. The molecule has 0 aromatic heterocycles. The van der Waals surface area contributed by atoms with Gasteiger partial charge in [-0.3, -0.25) is 18.2 Å². The molecule has 1 aliphatic heterocycles. The number of alkyl halides is 1. The van der Waals surface area contributed by atoms with Crippen molar-refractivity contribution in [1.29, 1.82) is 0 Å². The molecule has 9 heteroatoms. The number of hydrogen-bond acceptors (Lipinski definition) is 6. The maximum atomic E-state index is 11.9. The minimum Gasteiger partial charge on any atom is -0.465 e. The van der Waals surface area contributed by atoms with E-state index in [0.717, 1.165) is 0 Å². The zero-order valence-corrected chi connectivity index (χ0v) is 14.9. The first kappa shape index (κ1) is 18.9. The maximum absolute atomic E-state index is 11.9. The molecule has 0 saturated carbocycles. The average Bonchev–Trinajstić information content (AvgIpc) is 2.91. The van der Waals surface area contributed by atoms with E-state index in [2.05, 4.69) is 5.32 Å². The SMILES string of the molecule is COC(=O)c1cc(NC(=O)CCCCl)cc(N2CCCS2(O)O)c1. The Morgan fingerprint density at radius 3 is 2.71 bits per heavy atom. The highest BCUT2D eigenvalue weighted by atomic mass is 35.5. The quantitative estimate of drug-likeness (QED) is 0.520. The van der Waals surface area contributed by atoms with Crippen molar-refractivity contribution in [2.75, 3.05) is 34.9 Å². The minimum absolute atomic E-state index is 0.225. The van der Waals surface area contributed by atoms with E-state index in [-0.39, 0.29) is 23.6 Å². The van der Waals surface area contributed by atoms with Gasteiger partial charge in [-0.05, 0) is 31.0 Å². The third-order valence-electron chi connectivity index (χ3n) is 3.58. The van der Waals surface area contributed by atoms with Gasteiger partial charge >= 0.3 is 5.97 Å². The van der Waals surface area contributed by atoms with Crippen molar-refractivity contribution in [1.82, 2.24) is 0 Å². The van der Waals surface area contributed by atoms with Crippen molar-refractivity contribution in [2.24, 2.45) is 0 Å². The van der Waals surface area contributed by atoms with E-state index < -0.39 is 16.7 Å². The number of hydrogen-bond donors (Lipinski definition) is 3. The number of amides is 1. The molecule has 0 radical (unpaired) electrons. The summed E-state index contributed by atoms with van der Waals surface area (Å²) in [5.74, 6) is -0.122. The number of nitrogens with zero attached hydrogens (tertiary/aromatic N) is 1.